The Morgan fingerprint density at radius 1 is 1.11 bits per heavy atom. The summed E-state index contributed by atoms with van der Waals surface area (Å²) >= 11 is 0. The van der Waals surface area contributed by atoms with Crippen molar-refractivity contribution in [3.05, 3.63) is 59.8 Å². The van der Waals surface area contributed by atoms with Crippen LogP contribution in [0.25, 0.3) is 40.6 Å². The molecule has 0 aliphatic carbocycles. The zero-order valence-electron chi connectivity index (χ0n) is 10.5. The Morgan fingerprint density at radius 2 is 1.84 bits per heavy atom. The largest absolute Gasteiger partial charge is 0.436 e. The smallest absolute Gasteiger partial charge is 0.219 e. The predicted molar refractivity (Wildman–Crippen MR) is 81.0 cm³/mol. The molecule has 3 aromatic rings. The lowest BCUT2D eigenvalue weighted by atomic mass is 10.0. The van der Waals surface area contributed by atoms with Crippen molar-refractivity contribution in [2.75, 3.05) is 0 Å². The second-order valence-electron chi connectivity index (χ2n) is 4.27. The average molecular weight is 247 g/mol. The Hall–Kier alpha value is -2.61. The van der Waals surface area contributed by atoms with E-state index in [4.69, 9.17) is 4.42 Å². The number of oxazole rings is 1. The van der Waals surface area contributed by atoms with Gasteiger partial charge in [0.1, 0.15) is 5.52 Å². The number of rotatable bonds is 2. The van der Waals surface area contributed by atoms with E-state index in [0.717, 1.165) is 32.3 Å². The van der Waals surface area contributed by atoms with Crippen LogP contribution in [0.1, 0.15) is 5.89 Å². The number of hydrogen-bond acceptors (Lipinski definition) is 2. The van der Waals surface area contributed by atoms with Gasteiger partial charge in [-0.1, -0.05) is 56.2 Å². The van der Waals surface area contributed by atoms with Gasteiger partial charge >= 0.3 is 0 Å². The van der Waals surface area contributed by atoms with Gasteiger partial charge in [-0.25, -0.2) is 4.98 Å². The van der Waals surface area contributed by atoms with Crippen molar-refractivity contribution in [1.29, 1.82) is 0 Å². The standard InChI is InChI=1S/C17H13NO/c1-4-8-13-11(3)12-9-6-7-10-14(12)16-17(13)19-15(5-2)18-16/h4-10H,1-3H2/b13-8+. The topological polar surface area (TPSA) is 26.0 Å². The third-order valence-electron chi connectivity index (χ3n) is 3.18. The lowest BCUT2D eigenvalue weighted by Crippen LogP contribution is -2.24. The van der Waals surface area contributed by atoms with Gasteiger partial charge in [0.25, 0.3) is 0 Å². The molecule has 0 amide bonds. The maximum atomic E-state index is 5.74. The average Bonchev–Trinajstić information content (AvgIpc) is 2.88. The number of fused-ring (bicyclic) bond motifs is 3. The minimum absolute atomic E-state index is 0.518. The van der Waals surface area contributed by atoms with Crippen LogP contribution in [-0.4, -0.2) is 4.98 Å². The molecule has 0 bridgehead atoms. The highest BCUT2D eigenvalue weighted by molar-refractivity contribution is 6.04. The summed E-state index contributed by atoms with van der Waals surface area (Å²) in [4.78, 5) is 4.48. The molecule has 0 aliphatic rings. The number of hydrogen-bond donors (Lipinski definition) is 0. The van der Waals surface area contributed by atoms with Gasteiger partial charge < -0.3 is 4.42 Å². The maximum Gasteiger partial charge on any atom is 0.219 e. The van der Waals surface area contributed by atoms with E-state index in [1.54, 1.807) is 12.2 Å². The maximum absolute atomic E-state index is 5.74. The van der Waals surface area contributed by atoms with Gasteiger partial charge in [-0.2, -0.15) is 0 Å². The molecule has 0 unspecified atom stereocenters. The lowest BCUT2D eigenvalue weighted by molar-refractivity contribution is 0.587. The van der Waals surface area contributed by atoms with Crippen LogP contribution in [0, 0.1) is 0 Å². The molecule has 0 aliphatic heterocycles. The van der Waals surface area contributed by atoms with E-state index in [9.17, 15) is 0 Å². The van der Waals surface area contributed by atoms with Crippen molar-refractivity contribution in [2.45, 2.75) is 0 Å². The van der Waals surface area contributed by atoms with Crippen molar-refractivity contribution in [1.82, 2.24) is 4.98 Å². The Morgan fingerprint density at radius 3 is 2.53 bits per heavy atom. The van der Waals surface area contributed by atoms with E-state index in [0.29, 0.717) is 5.89 Å². The third kappa shape index (κ3) is 1.61. The molecule has 0 saturated carbocycles. The molecule has 0 atom stereocenters. The monoisotopic (exact) mass is 247 g/mol. The zero-order valence-corrected chi connectivity index (χ0v) is 10.5. The van der Waals surface area contributed by atoms with Crippen LogP contribution in [0.15, 0.2) is 47.9 Å². The van der Waals surface area contributed by atoms with E-state index < -0.39 is 0 Å². The minimum Gasteiger partial charge on any atom is -0.436 e. The van der Waals surface area contributed by atoms with Crippen LogP contribution in [-0.2, 0) is 0 Å². The lowest BCUT2D eigenvalue weighted by Gasteiger charge is -2.00. The van der Waals surface area contributed by atoms with E-state index >= 15 is 0 Å². The normalized spacial score (nSPS) is 12.1. The molecule has 1 heterocycles. The number of aromatic nitrogens is 1. The fraction of sp³-hybridized carbons (Fsp3) is 0. The van der Waals surface area contributed by atoms with Gasteiger partial charge in [0.15, 0.2) is 5.58 Å². The van der Waals surface area contributed by atoms with Crippen LogP contribution in [0.4, 0.5) is 0 Å². The third-order valence-corrected chi connectivity index (χ3v) is 3.18. The molecule has 0 spiro atoms. The Bertz CT molecular complexity index is 916. The number of nitrogens with zero attached hydrogens (tertiary/aromatic N) is 1. The Kier molecular flexibility index (Phi) is 2.57. The van der Waals surface area contributed by atoms with Crippen LogP contribution >= 0.6 is 0 Å². The van der Waals surface area contributed by atoms with Gasteiger partial charge in [-0.3, -0.25) is 0 Å². The summed E-state index contributed by atoms with van der Waals surface area (Å²) in [7, 11) is 0. The van der Waals surface area contributed by atoms with Crippen molar-refractivity contribution >= 4 is 40.6 Å². The number of allylic oxidation sites excluding steroid dienone is 1. The highest BCUT2D eigenvalue weighted by Gasteiger charge is 2.10. The summed E-state index contributed by atoms with van der Waals surface area (Å²) in [6, 6.07) is 8.05. The number of benzene rings is 2. The van der Waals surface area contributed by atoms with Gasteiger partial charge in [0, 0.05) is 10.6 Å². The molecule has 3 rings (SSSR count). The molecule has 2 nitrogen and oxygen atoms in total. The molecule has 0 N–H and O–H groups in total. The second kappa shape index (κ2) is 4.25. The molecule has 2 heteroatoms. The highest BCUT2D eigenvalue weighted by Crippen LogP contribution is 2.20. The molecule has 2 aromatic carbocycles. The van der Waals surface area contributed by atoms with Gasteiger partial charge in [-0.05, 0) is 16.7 Å². The first-order chi connectivity index (χ1) is 9.26. The fourth-order valence-electron chi connectivity index (χ4n) is 2.32. The van der Waals surface area contributed by atoms with Gasteiger partial charge in [0.2, 0.25) is 5.89 Å². The van der Waals surface area contributed by atoms with Crippen molar-refractivity contribution in [2.24, 2.45) is 0 Å². The molecule has 0 saturated heterocycles. The SMILES string of the molecule is C=C/C=c1\c(=C)c2ccccc2c2nc(C=C)oc12. The van der Waals surface area contributed by atoms with E-state index in [2.05, 4.69) is 24.7 Å². The first-order valence-electron chi connectivity index (χ1n) is 6.01. The van der Waals surface area contributed by atoms with Crippen LogP contribution in [0.2, 0.25) is 0 Å². The molecule has 0 fully saturated rings. The molecule has 92 valence electrons. The summed E-state index contributed by atoms with van der Waals surface area (Å²) in [6.07, 6.45) is 5.23. The van der Waals surface area contributed by atoms with Crippen LogP contribution < -0.4 is 10.4 Å². The Labute approximate surface area is 110 Å². The first kappa shape index (κ1) is 11.5. The first-order valence-corrected chi connectivity index (χ1v) is 6.01. The quantitative estimate of drug-likeness (QED) is 0.695. The van der Waals surface area contributed by atoms with Gasteiger partial charge in [-0.15, -0.1) is 0 Å². The predicted octanol–water partition coefficient (Wildman–Crippen LogP) is 3.00. The fourth-order valence-corrected chi connectivity index (χ4v) is 2.32. The van der Waals surface area contributed by atoms with E-state index in [1.165, 1.54) is 0 Å². The highest BCUT2D eigenvalue weighted by atomic mass is 16.3. The van der Waals surface area contributed by atoms with Crippen molar-refractivity contribution < 1.29 is 4.42 Å². The van der Waals surface area contributed by atoms with Crippen LogP contribution in [0.5, 0.6) is 0 Å². The molecular weight excluding hydrogens is 234 g/mol. The summed E-state index contributed by atoms with van der Waals surface area (Å²) in [5, 5.41) is 3.96. The summed E-state index contributed by atoms with van der Waals surface area (Å²) in [5.74, 6) is 0.518. The summed E-state index contributed by atoms with van der Waals surface area (Å²) < 4.78 is 5.74. The Balaban J connectivity index is 2.72. The van der Waals surface area contributed by atoms with E-state index in [-0.39, 0.29) is 0 Å². The minimum atomic E-state index is 0.518. The summed E-state index contributed by atoms with van der Waals surface area (Å²) in [5.41, 5.74) is 1.57. The van der Waals surface area contributed by atoms with Gasteiger partial charge in [0.05, 0.1) is 0 Å². The molecule has 19 heavy (non-hydrogen) atoms. The second-order valence-corrected chi connectivity index (χ2v) is 4.27. The molecule has 0 radical (unpaired) electrons. The molecule has 1 aromatic heterocycles. The molecular formula is C17H13NO. The van der Waals surface area contributed by atoms with Crippen molar-refractivity contribution in [3.8, 4) is 0 Å². The van der Waals surface area contributed by atoms with Crippen molar-refractivity contribution in [3.63, 3.8) is 0 Å². The van der Waals surface area contributed by atoms with Crippen LogP contribution in [0.3, 0.4) is 0 Å². The summed E-state index contributed by atoms with van der Waals surface area (Å²) in [6.45, 7) is 11.6. The van der Waals surface area contributed by atoms with E-state index in [1.807, 2.05) is 30.3 Å². The zero-order chi connectivity index (χ0) is 13.4.